The number of aromatic nitrogens is 1. The number of fused-ring (bicyclic) bond motifs is 1. The lowest BCUT2D eigenvalue weighted by atomic mass is 9.73. The molecular weight excluding hydrogens is 362 g/mol. The van der Waals surface area contributed by atoms with E-state index >= 15 is 0 Å². The van der Waals surface area contributed by atoms with Gasteiger partial charge in [0.2, 0.25) is 0 Å². The van der Waals surface area contributed by atoms with Crippen LogP contribution in [0.2, 0.25) is 0 Å². The largest absolute Gasteiger partial charge is 0.493 e. The minimum atomic E-state index is -0.0404. The summed E-state index contributed by atoms with van der Waals surface area (Å²) >= 11 is 1.53. The Hall–Kier alpha value is -2.41. The second-order valence-corrected chi connectivity index (χ2v) is 7.99. The highest BCUT2D eigenvalue weighted by molar-refractivity contribution is 7.09. The molecule has 2 aromatic rings. The first-order valence-corrected chi connectivity index (χ1v) is 10.1. The van der Waals surface area contributed by atoms with Crippen molar-refractivity contribution >= 4 is 28.8 Å². The van der Waals surface area contributed by atoms with Crippen molar-refractivity contribution in [2.24, 2.45) is 16.9 Å². The highest BCUT2D eigenvalue weighted by Gasteiger charge is 2.42. The molecule has 1 aromatic heterocycles. The van der Waals surface area contributed by atoms with E-state index in [1.54, 1.807) is 14.2 Å². The van der Waals surface area contributed by atoms with Crippen molar-refractivity contribution in [1.82, 2.24) is 4.98 Å². The van der Waals surface area contributed by atoms with Crippen LogP contribution in [0.15, 0.2) is 28.7 Å². The van der Waals surface area contributed by atoms with E-state index in [0.717, 1.165) is 42.0 Å². The normalized spacial score (nSPS) is 22.3. The zero-order chi connectivity index (χ0) is 19.0. The smallest absolute Gasteiger partial charge is 0.252 e. The second kappa shape index (κ2) is 7.31. The predicted octanol–water partition coefficient (Wildman–Crippen LogP) is 4.03. The van der Waals surface area contributed by atoms with Crippen molar-refractivity contribution in [2.75, 3.05) is 19.2 Å². The van der Waals surface area contributed by atoms with Gasteiger partial charge in [0.15, 0.2) is 17.3 Å². The fourth-order valence-electron chi connectivity index (χ4n) is 4.02. The van der Waals surface area contributed by atoms with Gasteiger partial charge in [0.05, 0.1) is 24.9 Å². The third kappa shape index (κ3) is 3.20. The summed E-state index contributed by atoms with van der Waals surface area (Å²) in [7, 11) is 3.25. The molecule has 1 amide bonds. The minimum absolute atomic E-state index is 0.0404. The molecule has 0 N–H and O–H groups in total. The van der Waals surface area contributed by atoms with E-state index in [0.29, 0.717) is 17.3 Å². The van der Waals surface area contributed by atoms with Crippen molar-refractivity contribution in [2.45, 2.75) is 32.6 Å². The van der Waals surface area contributed by atoms with E-state index in [9.17, 15) is 4.79 Å². The molecule has 6 nitrogen and oxygen atoms in total. The van der Waals surface area contributed by atoms with Gasteiger partial charge >= 0.3 is 0 Å². The molecule has 7 heteroatoms. The van der Waals surface area contributed by atoms with Gasteiger partial charge in [0, 0.05) is 22.8 Å². The van der Waals surface area contributed by atoms with E-state index in [2.05, 4.69) is 4.98 Å². The molecular formula is C20H23N3O3S. The van der Waals surface area contributed by atoms with Gasteiger partial charge in [0.1, 0.15) is 0 Å². The van der Waals surface area contributed by atoms with Crippen LogP contribution in [0.4, 0.5) is 5.82 Å². The van der Waals surface area contributed by atoms with E-state index in [-0.39, 0.29) is 17.7 Å². The van der Waals surface area contributed by atoms with Gasteiger partial charge in [-0.15, -0.1) is 11.3 Å². The summed E-state index contributed by atoms with van der Waals surface area (Å²) in [4.78, 5) is 17.6. The van der Waals surface area contributed by atoms with Crippen LogP contribution in [0.1, 0.15) is 36.3 Å². The number of ether oxygens (including phenoxy) is 2. The van der Waals surface area contributed by atoms with E-state index < -0.39 is 0 Å². The Morgan fingerprint density at radius 1 is 1.11 bits per heavy atom. The predicted molar refractivity (Wildman–Crippen MR) is 106 cm³/mol. The number of thiazole rings is 1. The first kappa shape index (κ1) is 18.0. The maximum Gasteiger partial charge on any atom is 0.252 e. The Kier molecular flexibility index (Phi) is 4.86. The molecule has 0 bridgehead atoms. The third-order valence-corrected chi connectivity index (χ3v) is 6.12. The number of nitrogens with zero attached hydrogens (tertiary/aromatic N) is 3. The van der Waals surface area contributed by atoms with Crippen LogP contribution in [0.5, 0.6) is 11.5 Å². The first-order valence-electron chi connectivity index (χ1n) is 9.19. The van der Waals surface area contributed by atoms with Crippen LogP contribution in [-0.4, -0.2) is 30.8 Å². The summed E-state index contributed by atoms with van der Waals surface area (Å²) in [6.45, 7) is 1.94. The third-order valence-electron chi connectivity index (χ3n) is 5.35. The van der Waals surface area contributed by atoms with E-state index in [4.69, 9.17) is 14.6 Å². The zero-order valence-corrected chi connectivity index (χ0v) is 16.6. The van der Waals surface area contributed by atoms with Crippen LogP contribution in [-0.2, 0) is 4.79 Å². The molecule has 0 unspecified atom stereocenters. The number of hydrazone groups is 1. The van der Waals surface area contributed by atoms with Crippen LogP contribution < -0.4 is 14.5 Å². The van der Waals surface area contributed by atoms with Crippen molar-refractivity contribution in [3.63, 3.8) is 0 Å². The van der Waals surface area contributed by atoms with Crippen molar-refractivity contribution < 1.29 is 14.3 Å². The summed E-state index contributed by atoms with van der Waals surface area (Å²) < 4.78 is 10.8. The molecule has 0 spiro atoms. The molecule has 1 aliphatic heterocycles. The van der Waals surface area contributed by atoms with Gasteiger partial charge in [-0.2, -0.15) is 10.1 Å². The topological polar surface area (TPSA) is 64.0 Å². The highest BCUT2D eigenvalue weighted by Crippen LogP contribution is 2.40. The number of rotatable bonds is 4. The lowest BCUT2D eigenvalue weighted by Gasteiger charge is -2.38. The van der Waals surface area contributed by atoms with Crippen LogP contribution in [0.3, 0.4) is 0 Å². The summed E-state index contributed by atoms with van der Waals surface area (Å²) in [5, 5.41) is 9.10. The number of benzene rings is 1. The maximum absolute atomic E-state index is 13.1. The van der Waals surface area contributed by atoms with Crippen molar-refractivity contribution in [3.8, 4) is 11.5 Å². The van der Waals surface area contributed by atoms with Crippen LogP contribution in [0, 0.1) is 18.8 Å². The Morgan fingerprint density at radius 2 is 1.85 bits per heavy atom. The van der Waals surface area contributed by atoms with E-state index in [1.165, 1.54) is 16.3 Å². The summed E-state index contributed by atoms with van der Waals surface area (Å²) in [5.41, 5.74) is 1.90. The molecule has 1 aromatic carbocycles. The molecule has 2 atom stereocenters. The van der Waals surface area contributed by atoms with Gasteiger partial charge in [0.25, 0.3) is 5.91 Å². The lowest BCUT2D eigenvalue weighted by Crippen LogP contribution is -2.46. The average Bonchev–Trinajstić information content (AvgIpc) is 3.14. The number of hydrogen-bond donors (Lipinski definition) is 0. The molecule has 0 radical (unpaired) electrons. The summed E-state index contributed by atoms with van der Waals surface area (Å²) in [5.74, 6) is 2.12. The Labute approximate surface area is 162 Å². The molecule has 0 saturated heterocycles. The van der Waals surface area contributed by atoms with Gasteiger partial charge in [-0.05, 0) is 38.0 Å². The van der Waals surface area contributed by atoms with Crippen LogP contribution >= 0.6 is 11.3 Å². The standard InChI is InChI=1S/C20H23N3O3S/c1-12-21-18(11-27-12)23-20(24)15-7-5-4-6-14(15)19(22-23)13-8-9-16(25-2)17(10-13)26-3/h8-11,14-15H,4-7H2,1-3H3/t14-,15+/m1/s1. The first-order chi connectivity index (χ1) is 13.1. The maximum atomic E-state index is 13.1. The number of anilines is 1. The Bertz CT molecular complexity index is 892. The quantitative estimate of drug-likeness (QED) is 0.797. The fourth-order valence-corrected chi connectivity index (χ4v) is 4.60. The number of carbonyl (C=O) groups is 1. The van der Waals surface area contributed by atoms with E-state index in [1.807, 2.05) is 30.5 Å². The number of methoxy groups -OCH3 is 2. The molecule has 27 heavy (non-hydrogen) atoms. The van der Waals surface area contributed by atoms with Gasteiger partial charge < -0.3 is 9.47 Å². The van der Waals surface area contributed by atoms with Crippen molar-refractivity contribution in [3.05, 3.63) is 34.2 Å². The molecule has 1 fully saturated rings. The minimum Gasteiger partial charge on any atom is -0.493 e. The Morgan fingerprint density at radius 3 is 2.52 bits per heavy atom. The Balaban J connectivity index is 1.81. The van der Waals surface area contributed by atoms with Gasteiger partial charge in [-0.25, -0.2) is 4.98 Å². The van der Waals surface area contributed by atoms with Gasteiger partial charge in [-0.3, -0.25) is 4.79 Å². The van der Waals surface area contributed by atoms with Gasteiger partial charge in [-0.1, -0.05) is 12.8 Å². The molecule has 1 saturated carbocycles. The molecule has 1 aliphatic carbocycles. The monoisotopic (exact) mass is 385 g/mol. The highest BCUT2D eigenvalue weighted by atomic mass is 32.1. The summed E-state index contributed by atoms with van der Waals surface area (Å²) in [6, 6.07) is 5.83. The SMILES string of the molecule is COc1ccc(C2=NN(c3csc(C)n3)C(=O)[C@H]3CCCC[C@@H]23)cc1OC. The number of aryl methyl sites for hydroxylation is 1. The molecule has 4 rings (SSSR count). The number of amides is 1. The lowest BCUT2D eigenvalue weighted by molar-refractivity contribution is -0.124. The van der Waals surface area contributed by atoms with Crippen LogP contribution in [0.25, 0.3) is 0 Å². The van der Waals surface area contributed by atoms with Crippen molar-refractivity contribution in [1.29, 1.82) is 0 Å². The molecule has 2 aliphatic rings. The summed E-state index contributed by atoms with van der Waals surface area (Å²) in [6.07, 6.45) is 4.08. The average molecular weight is 385 g/mol. The second-order valence-electron chi connectivity index (χ2n) is 6.93. The number of hydrogen-bond acceptors (Lipinski definition) is 6. The zero-order valence-electron chi connectivity index (χ0n) is 15.8. The number of carbonyl (C=O) groups excluding carboxylic acids is 1. The molecule has 2 heterocycles. The fraction of sp³-hybridized carbons (Fsp3) is 0.450. The molecule has 142 valence electrons.